The molecule has 0 amide bonds. The van der Waals surface area contributed by atoms with E-state index in [2.05, 4.69) is 15.0 Å². The molecule has 0 unspecified atom stereocenters. The molecule has 0 aromatic carbocycles. The van der Waals surface area contributed by atoms with E-state index in [9.17, 15) is 5.11 Å². The SMILES string of the molecule is Cc1nc(N)nc2c1ncn2[C@H]1C[C@@H](O)[C@@H](CO)O1. The molecule has 1 aliphatic rings. The number of rotatable bonds is 2. The molecule has 8 heteroatoms. The molecule has 2 aromatic rings. The highest BCUT2D eigenvalue weighted by Gasteiger charge is 2.35. The van der Waals surface area contributed by atoms with Gasteiger partial charge in [-0.3, -0.25) is 4.57 Å². The Kier molecular flexibility index (Phi) is 2.85. The standard InChI is InChI=1S/C11H15N5O3/c1-5-9-10(15-11(12)14-5)16(4-13-9)8-2-6(18)7(3-17)19-8/h4,6-8,17-18H,2-3H2,1H3,(H2,12,14,15)/t6-,7-,8-/m1/s1. The smallest absolute Gasteiger partial charge is 0.222 e. The van der Waals surface area contributed by atoms with E-state index in [0.29, 0.717) is 23.3 Å². The van der Waals surface area contributed by atoms with Crippen LogP contribution in [0.3, 0.4) is 0 Å². The van der Waals surface area contributed by atoms with E-state index in [-0.39, 0.29) is 12.6 Å². The van der Waals surface area contributed by atoms with Crippen molar-refractivity contribution in [3.05, 3.63) is 12.0 Å². The molecule has 3 heterocycles. The lowest BCUT2D eigenvalue weighted by Crippen LogP contribution is -2.24. The monoisotopic (exact) mass is 265 g/mol. The Labute approximate surface area is 108 Å². The number of ether oxygens (including phenoxy) is 1. The molecular weight excluding hydrogens is 250 g/mol. The second-order valence-electron chi connectivity index (χ2n) is 4.61. The lowest BCUT2D eigenvalue weighted by molar-refractivity contribution is -0.0432. The van der Waals surface area contributed by atoms with Crippen molar-refractivity contribution in [3.8, 4) is 0 Å². The topological polar surface area (TPSA) is 119 Å². The first-order chi connectivity index (χ1) is 9.10. The van der Waals surface area contributed by atoms with Crippen LogP contribution in [0.1, 0.15) is 18.3 Å². The number of anilines is 1. The summed E-state index contributed by atoms with van der Waals surface area (Å²) in [6.07, 6.45) is 0.268. The number of aromatic nitrogens is 4. The number of hydrogen-bond donors (Lipinski definition) is 3. The molecule has 3 atom stereocenters. The van der Waals surface area contributed by atoms with Crippen molar-refractivity contribution >= 4 is 17.1 Å². The van der Waals surface area contributed by atoms with Crippen LogP contribution in [0, 0.1) is 6.92 Å². The summed E-state index contributed by atoms with van der Waals surface area (Å²) >= 11 is 0. The fourth-order valence-electron chi connectivity index (χ4n) is 2.34. The Bertz CT molecular complexity index is 614. The van der Waals surface area contributed by atoms with Crippen LogP contribution in [-0.4, -0.2) is 48.5 Å². The molecule has 8 nitrogen and oxygen atoms in total. The third-order valence-corrected chi connectivity index (χ3v) is 3.31. The average Bonchev–Trinajstić information content (AvgIpc) is 2.92. The van der Waals surface area contributed by atoms with Gasteiger partial charge in [0.05, 0.1) is 24.7 Å². The molecule has 0 spiro atoms. The predicted octanol–water partition coefficient (Wildman–Crippen LogP) is -0.642. The van der Waals surface area contributed by atoms with Gasteiger partial charge in [0.15, 0.2) is 5.65 Å². The van der Waals surface area contributed by atoms with Crippen LogP contribution in [0.2, 0.25) is 0 Å². The third kappa shape index (κ3) is 1.93. The third-order valence-electron chi connectivity index (χ3n) is 3.31. The molecular formula is C11H15N5O3. The number of hydrogen-bond acceptors (Lipinski definition) is 7. The minimum Gasteiger partial charge on any atom is -0.394 e. The lowest BCUT2D eigenvalue weighted by Gasteiger charge is -2.13. The van der Waals surface area contributed by atoms with Crippen molar-refractivity contribution in [2.24, 2.45) is 0 Å². The van der Waals surface area contributed by atoms with Gasteiger partial charge in [-0.1, -0.05) is 0 Å². The van der Waals surface area contributed by atoms with Gasteiger partial charge in [-0.15, -0.1) is 0 Å². The molecule has 0 saturated carbocycles. The van der Waals surface area contributed by atoms with E-state index in [1.165, 1.54) is 0 Å². The van der Waals surface area contributed by atoms with Crippen molar-refractivity contribution in [1.82, 2.24) is 19.5 Å². The number of aliphatic hydroxyl groups excluding tert-OH is 2. The number of nitrogens with two attached hydrogens (primary N) is 1. The predicted molar refractivity (Wildman–Crippen MR) is 66.1 cm³/mol. The van der Waals surface area contributed by atoms with Gasteiger partial charge in [-0.2, -0.15) is 4.98 Å². The molecule has 4 N–H and O–H groups in total. The quantitative estimate of drug-likeness (QED) is 0.660. The summed E-state index contributed by atoms with van der Waals surface area (Å²) < 4.78 is 7.28. The highest BCUT2D eigenvalue weighted by molar-refractivity contribution is 5.74. The minimum absolute atomic E-state index is 0.170. The van der Waals surface area contributed by atoms with E-state index >= 15 is 0 Å². The number of aliphatic hydroxyl groups is 2. The van der Waals surface area contributed by atoms with Crippen LogP contribution in [0.5, 0.6) is 0 Å². The summed E-state index contributed by atoms with van der Waals surface area (Å²) in [5, 5.41) is 18.9. The molecule has 0 radical (unpaired) electrons. The fraction of sp³-hybridized carbons (Fsp3) is 0.545. The minimum atomic E-state index is -0.701. The molecule has 2 aromatic heterocycles. The highest BCUT2D eigenvalue weighted by Crippen LogP contribution is 2.31. The van der Waals surface area contributed by atoms with Crippen LogP contribution >= 0.6 is 0 Å². The molecule has 1 saturated heterocycles. The molecule has 0 aliphatic carbocycles. The number of nitrogen functional groups attached to an aromatic ring is 1. The molecule has 19 heavy (non-hydrogen) atoms. The van der Waals surface area contributed by atoms with E-state index in [4.69, 9.17) is 15.6 Å². The van der Waals surface area contributed by atoms with Gasteiger partial charge >= 0.3 is 0 Å². The average molecular weight is 265 g/mol. The maximum atomic E-state index is 9.76. The zero-order valence-electron chi connectivity index (χ0n) is 10.4. The highest BCUT2D eigenvalue weighted by atomic mass is 16.5. The van der Waals surface area contributed by atoms with E-state index in [1.807, 2.05) is 0 Å². The van der Waals surface area contributed by atoms with Gasteiger partial charge in [0.1, 0.15) is 17.8 Å². The Balaban J connectivity index is 2.02. The second kappa shape index (κ2) is 4.41. The normalized spacial score (nSPS) is 27.2. The molecule has 3 rings (SSSR count). The van der Waals surface area contributed by atoms with Crippen LogP contribution in [-0.2, 0) is 4.74 Å². The summed E-state index contributed by atoms with van der Waals surface area (Å²) in [7, 11) is 0. The zero-order chi connectivity index (χ0) is 13.6. The summed E-state index contributed by atoms with van der Waals surface area (Å²) in [6, 6.07) is 0. The number of aryl methyl sites for hydroxylation is 1. The van der Waals surface area contributed by atoms with Crippen LogP contribution in [0.25, 0.3) is 11.2 Å². The summed E-state index contributed by atoms with van der Waals surface area (Å²) in [6.45, 7) is 1.58. The Hall–Kier alpha value is -1.77. The largest absolute Gasteiger partial charge is 0.394 e. The van der Waals surface area contributed by atoms with Gasteiger partial charge in [-0.05, 0) is 6.92 Å². The van der Waals surface area contributed by atoms with Crippen LogP contribution in [0.4, 0.5) is 5.95 Å². The molecule has 1 aliphatic heterocycles. The fourth-order valence-corrected chi connectivity index (χ4v) is 2.34. The maximum absolute atomic E-state index is 9.76. The van der Waals surface area contributed by atoms with Crippen LogP contribution in [0.15, 0.2) is 6.33 Å². The van der Waals surface area contributed by atoms with Gasteiger partial charge < -0.3 is 20.7 Å². The van der Waals surface area contributed by atoms with E-state index in [1.54, 1.807) is 17.8 Å². The Morgan fingerprint density at radius 1 is 1.53 bits per heavy atom. The number of nitrogens with zero attached hydrogens (tertiary/aromatic N) is 4. The molecule has 0 bridgehead atoms. The first-order valence-electron chi connectivity index (χ1n) is 6.01. The van der Waals surface area contributed by atoms with Gasteiger partial charge in [0.25, 0.3) is 0 Å². The van der Waals surface area contributed by atoms with E-state index in [0.717, 1.165) is 0 Å². The van der Waals surface area contributed by atoms with Crippen molar-refractivity contribution in [2.45, 2.75) is 31.8 Å². The van der Waals surface area contributed by atoms with Gasteiger partial charge in [-0.25, -0.2) is 9.97 Å². The molecule has 1 fully saturated rings. The first kappa shape index (κ1) is 12.3. The first-order valence-corrected chi connectivity index (χ1v) is 6.01. The van der Waals surface area contributed by atoms with Crippen molar-refractivity contribution in [3.63, 3.8) is 0 Å². The lowest BCUT2D eigenvalue weighted by atomic mass is 10.2. The Morgan fingerprint density at radius 2 is 2.32 bits per heavy atom. The zero-order valence-corrected chi connectivity index (χ0v) is 10.4. The van der Waals surface area contributed by atoms with Crippen LogP contribution < -0.4 is 5.73 Å². The van der Waals surface area contributed by atoms with Gasteiger partial charge in [0.2, 0.25) is 5.95 Å². The van der Waals surface area contributed by atoms with Gasteiger partial charge in [0, 0.05) is 6.42 Å². The number of imidazole rings is 1. The summed E-state index contributed by atoms with van der Waals surface area (Å²) in [4.78, 5) is 12.4. The summed E-state index contributed by atoms with van der Waals surface area (Å²) in [5.74, 6) is 0.170. The van der Waals surface area contributed by atoms with Crippen molar-refractivity contribution < 1.29 is 14.9 Å². The molecule has 102 valence electrons. The Morgan fingerprint density at radius 3 is 3.00 bits per heavy atom. The maximum Gasteiger partial charge on any atom is 0.222 e. The summed E-state index contributed by atoms with van der Waals surface area (Å²) in [5.41, 5.74) is 7.55. The van der Waals surface area contributed by atoms with E-state index < -0.39 is 18.4 Å². The number of fused-ring (bicyclic) bond motifs is 1. The van der Waals surface area contributed by atoms with Crippen molar-refractivity contribution in [1.29, 1.82) is 0 Å². The second-order valence-corrected chi connectivity index (χ2v) is 4.61. The van der Waals surface area contributed by atoms with Crippen molar-refractivity contribution in [2.75, 3.05) is 12.3 Å².